The Labute approximate surface area is 132 Å². The maximum absolute atomic E-state index is 10.0. The molecular weight excluding hydrogens is 278 g/mol. The summed E-state index contributed by atoms with van der Waals surface area (Å²) in [4.78, 5) is 13.7. The minimum atomic E-state index is 0.128. The van der Waals surface area contributed by atoms with Crippen molar-refractivity contribution in [2.24, 2.45) is 10.1 Å². The van der Waals surface area contributed by atoms with Crippen LogP contribution in [0.1, 0.15) is 11.1 Å². The molecular formula is C17H23N3O2. The maximum Gasteiger partial charge on any atom is 0.157 e. The zero-order valence-electron chi connectivity index (χ0n) is 13.4. The van der Waals surface area contributed by atoms with Gasteiger partial charge in [-0.05, 0) is 49.9 Å². The predicted molar refractivity (Wildman–Crippen MR) is 92.9 cm³/mol. The van der Waals surface area contributed by atoms with E-state index >= 15 is 0 Å². The molecule has 0 heterocycles. The highest BCUT2D eigenvalue weighted by Gasteiger charge is 1.95. The van der Waals surface area contributed by atoms with Crippen LogP contribution in [-0.2, 0) is 4.79 Å². The Morgan fingerprint density at radius 3 is 2.41 bits per heavy atom. The molecule has 0 saturated heterocycles. The number of aryl methyl sites for hydroxylation is 2. The van der Waals surface area contributed by atoms with Crippen LogP contribution in [0.2, 0.25) is 0 Å². The third kappa shape index (κ3) is 9.25. The van der Waals surface area contributed by atoms with Crippen LogP contribution in [-0.4, -0.2) is 32.9 Å². The molecule has 0 atom stereocenters. The summed E-state index contributed by atoms with van der Waals surface area (Å²) in [6, 6.07) is 5.89. The highest BCUT2D eigenvalue weighted by atomic mass is 16.5. The highest BCUT2D eigenvalue weighted by molar-refractivity contribution is 5.79. The fourth-order valence-corrected chi connectivity index (χ4v) is 1.53. The van der Waals surface area contributed by atoms with Crippen LogP contribution in [0.15, 0.2) is 52.7 Å². The number of nitrogens with zero attached hydrogens (tertiary/aromatic N) is 2. The van der Waals surface area contributed by atoms with Crippen molar-refractivity contribution in [3.05, 3.63) is 53.8 Å². The van der Waals surface area contributed by atoms with Gasteiger partial charge in [0, 0.05) is 7.05 Å². The summed E-state index contributed by atoms with van der Waals surface area (Å²) in [5, 5.41) is 3.74. The van der Waals surface area contributed by atoms with Crippen LogP contribution in [0.3, 0.4) is 0 Å². The van der Waals surface area contributed by atoms with Crippen LogP contribution in [0, 0.1) is 13.8 Å². The van der Waals surface area contributed by atoms with Crippen molar-refractivity contribution >= 4 is 19.2 Å². The first-order chi connectivity index (χ1) is 10.6. The average Bonchev–Trinajstić information content (AvgIpc) is 2.49. The summed E-state index contributed by atoms with van der Waals surface area (Å²) >= 11 is 0. The largest absolute Gasteiger partial charge is 0.486 e. The molecule has 118 valence electrons. The molecule has 0 unspecified atom stereocenters. The second kappa shape index (κ2) is 12.1. The van der Waals surface area contributed by atoms with E-state index in [-0.39, 0.29) is 6.61 Å². The zero-order valence-corrected chi connectivity index (χ0v) is 13.4. The number of aldehydes is 1. The summed E-state index contributed by atoms with van der Waals surface area (Å²) < 4.78 is 5.15. The van der Waals surface area contributed by atoms with E-state index < -0.39 is 0 Å². The van der Waals surface area contributed by atoms with E-state index in [0.29, 0.717) is 5.70 Å². The summed E-state index contributed by atoms with van der Waals surface area (Å²) in [5.41, 5.74) is 5.58. The van der Waals surface area contributed by atoms with Crippen LogP contribution < -0.4 is 10.2 Å². The van der Waals surface area contributed by atoms with Gasteiger partial charge in [-0.25, -0.2) is 0 Å². The van der Waals surface area contributed by atoms with E-state index in [9.17, 15) is 4.79 Å². The number of aliphatic imine (C=N–C) groups is 1. The Morgan fingerprint density at radius 2 is 1.95 bits per heavy atom. The molecule has 1 aromatic rings. The van der Waals surface area contributed by atoms with Gasteiger partial charge in [-0.3, -0.25) is 9.79 Å². The quantitative estimate of drug-likeness (QED) is 0.364. The minimum absolute atomic E-state index is 0.128. The molecule has 0 aliphatic rings. The Morgan fingerprint density at radius 1 is 1.32 bits per heavy atom. The number of hydrazone groups is 1. The molecule has 0 aliphatic carbocycles. The molecule has 0 bridgehead atoms. The second-order valence-corrected chi connectivity index (χ2v) is 4.27. The lowest BCUT2D eigenvalue weighted by Crippen LogP contribution is -1.97. The number of nitrogens with one attached hydrogen (secondary N) is 1. The van der Waals surface area contributed by atoms with Gasteiger partial charge < -0.3 is 10.2 Å². The van der Waals surface area contributed by atoms with Crippen LogP contribution >= 0.6 is 0 Å². The molecule has 0 saturated carbocycles. The van der Waals surface area contributed by atoms with E-state index in [4.69, 9.17) is 4.74 Å². The van der Waals surface area contributed by atoms with Gasteiger partial charge in [0.2, 0.25) is 0 Å². The zero-order chi connectivity index (χ0) is 16.8. The molecule has 1 aromatic carbocycles. The first-order valence-electron chi connectivity index (χ1n) is 6.71. The van der Waals surface area contributed by atoms with E-state index in [1.54, 1.807) is 25.4 Å². The Balaban J connectivity index is 0.000000409. The molecule has 5 heteroatoms. The summed E-state index contributed by atoms with van der Waals surface area (Å²) in [5.74, 6) is 0.764. The SMILES string of the molecule is C=C/C=C(/C=N/NC)N=C.Cc1cc(C)cc(OCC=O)c1. The number of benzene rings is 1. The van der Waals surface area contributed by atoms with E-state index in [0.717, 1.165) is 23.2 Å². The van der Waals surface area contributed by atoms with Crippen molar-refractivity contribution in [1.29, 1.82) is 0 Å². The third-order valence-electron chi connectivity index (χ3n) is 2.31. The fraction of sp³-hybridized carbons (Fsp3) is 0.235. The summed E-state index contributed by atoms with van der Waals surface area (Å²) in [7, 11) is 1.71. The smallest absolute Gasteiger partial charge is 0.157 e. The van der Waals surface area contributed by atoms with Gasteiger partial charge in [-0.15, -0.1) is 0 Å². The van der Waals surface area contributed by atoms with Gasteiger partial charge in [0.1, 0.15) is 12.4 Å². The van der Waals surface area contributed by atoms with Crippen molar-refractivity contribution in [3.8, 4) is 5.75 Å². The lowest BCUT2D eigenvalue weighted by Gasteiger charge is -2.04. The second-order valence-electron chi connectivity index (χ2n) is 4.27. The predicted octanol–water partition coefficient (Wildman–Crippen LogP) is 2.84. The van der Waals surface area contributed by atoms with Crippen molar-refractivity contribution in [3.63, 3.8) is 0 Å². The monoisotopic (exact) mass is 301 g/mol. The number of carbonyl (C=O) groups is 1. The molecule has 0 amide bonds. The molecule has 1 N–H and O–H groups in total. The van der Waals surface area contributed by atoms with Gasteiger partial charge in [0.15, 0.2) is 6.29 Å². The minimum Gasteiger partial charge on any atom is -0.486 e. The molecule has 5 nitrogen and oxygen atoms in total. The number of rotatable bonds is 7. The van der Waals surface area contributed by atoms with Crippen LogP contribution in [0.25, 0.3) is 0 Å². The lowest BCUT2D eigenvalue weighted by molar-refractivity contribution is -0.109. The van der Waals surface area contributed by atoms with E-state index in [1.165, 1.54) is 0 Å². The number of ether oxygens (including phenoxy) is 1. The lowest BCUT2D eigenvalue weighted by atomic mass is 10.1. The summed E-state index contributed by atoms with van der Waals surface area (Å²) in [6.07, 6.45) is 5.66. The topological polar surface area (TPSA) is 63.1 Å². The average molecular weight is 301 g/mol. The summed E-state index contributed by atoms with van der Waals surface area (Å²) in [6.45, 7) is 11.0. The Hall–Kier alpha value is -2.69. The molecule has 0 radical (unpaired) electrons. The molecule has 0 aliphatic heterocycles. The number of hydrogen-bond donors (Lipinski definition) is 1. The van der Waals surface area contributed by atoms with Gasteiger partial charge in [-0.1, -0.05) is 18.7 Å². The van der Waals surface area contributed by atoms with Crippen molar-refractivity contribution in [2.75, 3.05) is 13.7 Å². The number of hydrogen-bond acceptors (Lipinski definition) is 5. The van der Waals surface area contributed by atoms with Gasteiger partial charge in [0.25, 0.3) is 0 Å². The number of carbonyl (C=O) groups excluding carboxylic acids is 1. The van der Waals surface area contributed by atoms with Gasteiger partial charge in [-0.2, -0.15) is 5.10 Å². The Kier molecular flexibility index (Phi) is 10.6. The van der Waals surface area contributed by atoms with Crippen LogP contribution in [0.4, 0.5) is 0 Å². The fourth-order valence-electron chi connectivity index (χ4n) is 1.53. The first-order valence-corrected chi connectivity index (χ1v) is 6.71. The molecule has 0 aromatic heterocycles. The van der Waals surface area contributed by atoms with Crippen molar-refractivity contribution < 1.29 is 9.53 Å². The maximum atomic E-state index is 10.0. The third-order valence-corrected chi connectivity index (χ3v) is 2.31. The van der Waals surface area contributed by atoms with Gasteiger partial charge in [0.05, 0.1) is 11.9 Å². The van der Waals surface area contributed by atoms with Crippen molar-refractivity contribution in [2.45, 2.75) is 13.8 Å². The van der Waals surface area contributed by atoms with Gasteiger partial charge >= 0.3 is 0 Å². The molecule has 0 fully saturated rings. The molecule has 1 rings (SSSR count). The van der Waals surface area contributed by atoms with Crippen LogP contribution in [0.5, 0.6) is 5.75 Å². The molecule has 22 heavy (non-hydrogen) atoms. The number of allylic oxidation sites excluding steroid dienone is 3. The molecule has 0 spiro atoms. The van der Waals surface area contributed by atoms with E-state index in [2.05, 4.69) is 34.9 Å². The highest BCUT2D eigenvalue weighted by Crippen LogP contribution is 2.15. The normalized spacial score (nSPS) is 10.4. The standard InChI is InChI=1S/C10H12O2.C7H11N3/c1-8-5-9(2)7-10(6-8)12-4-3-11;1-4-5-7(8-2)6-10-9-3/h3,5-7H,4H2,1-2H3;4-6,9H,1-2H2,3H3/b;7-5-,10-6+. The first kappa shape index (κ1) is 19.3. The Bertz CT molecular complexity index is 529. The van der Waals surface area contributed by atoms with Crippen molar-refractivity contribution in [1.82, 2.24) is 5.43 Å². The van der Waals surface area contributed by atoms with E-state index in [1.807, 2.05) is 26.0 Å².